The van der Waals surface area contributed by atoms with Crippen LogP contribution >= 0.6 is 0 Å². The summed E-state index contributed by atoms with van der Waals surface area (Å²) in [5, 5.41) is 3.20. The van der Waals surface area contributed by atoms with E-state index in [1.165, 1.54) is 6.20 Å². The van der Waals surface area contributed by atoms with Gasteiger partial charge in [-0.3, -0.25) is 9.79 Å². The largest absolute Gasteiger partial charge is 0.355 e. The Labute approximate surface area is 183 Å². The van der Waals surface area contributed by atoms with E-state index in [0.29, 0.717) is 35.4 Å². The fraction of sp³-hybridized carbons (Fsp3) is 0.308. The van der Waals surface area contributed by atoms with Crippen LogP contribution in [0.2, 0.25) is 0 Å². The molecule has 0 unspecified atom stereocenters. The van der Waals surface area contributed by atoms with Crippen LogP contribution in [0.3, 0.4) is 0 Å². The Morgan fingerprint density at radius 1 is 1.00 bits per heavy atom. The number of benzene rings is 2. The summed E-state index contributed by atoms with van der Waals surface area (Å²) in [6, 6.07) is 8.78. The monoisotopic (exact) mass is 424 g/mol. The van der Waals surface area contributed by atoms with Gasteiger partial charge in [-0.05, 0) is 61.6 Å². The number of anilines is 1. The maximum atomic E-state index is 14.3. The summed E-state index contributed by atoms with van der Waals surface area (Å²) in [6.07, 6.45) is 3.15. The second-order valence-electron chi connectivity index (χ2n) is 7.39. The van der Waals surface area contributed by atoms with Crippen LogP contribution < -0.4 is 5.32 Å². The third kappa shape index (κ3) is 5.75. The highest BCUT2D eigenvalue weighted by molar-refractivity contribution is 6.01. The molecule has 0 spiro atoms. The summed E-state index contributed by atoms with van der Waals surface area (Å²) < 4.78 is 28.4. The molecule has 5 heteroatoms. The second-order valence-corrected chi connectivity index (χ2v) is 7.39. The van der Waals surface area contributed by atoms with E-state index in [0.717, 1.165) is 23.2 Å². The summed E-state index contributed by atoms with van der Waals surface area (Å²) in [5.41, 5.74) is 4.77. The number of aryl methyl sites for hydroxylation is 2. The molecule has 0 radical (unpaired) electrons. The third-order valence-electron chi connectivity index (χ3n) is 5.26. The maximum absolute atomic E-state index is 14.3. The molecule has 0 saturated carbocycles. The minimum atomic E-state index is -0.855. The first-order valence-electron chi connectivity index (χ1n) is 10.5. The van der Waals surface area contributed by atoms with E-state index < -0.39 is 11.6 Å². The number of Topliss-reactive ketones (excluding diaryl/α,β-unsaturated/α-hetero) is 1. The van der Waals surface area contributed by atoms with Crippen molar-refractivity contribution in [3.8, 4) is 0 Å². The fourth-order valence-electron chi connectivity index (χ4n) is 3.20. The molecule has 0 aliphatic carbocycles. The van der Waals surface area contributed by atoms with Gasteiger partial charge in [-0.25, -0.2) is 8.78 Å². The molecule has 164 valence electrons. The number of carbonyl (C=O) groups is 1. The van der Waals surface area contributed by atoms with Gasteiger partial charge in [-0.15, -0.1) is 0 Å². The number of nitrogens with zero attached hydrogens (tertiary/aromatic N) is 1. The molecule has 0 fully saturated rings. The van der Waals surface area contributed by atoms with Crippen molar-refractivity contribution in [3.05, 3.63) is 82.7 Å². The molecule has 2 aromatic carbocycles. The number of nitrogens with one attached hydrogen (secondary N) is 1. The minimum absolute atomic E-state index is 0.122. The van der Waals surface area contributed by atoms with Crippen molar-refractivity contribution in [3.63, 3.8) is 0 Å². The average molecular weight is 425 g/mol. The number of hydrogen-bond donors (Lipinski definition) is 1. The van der Waals surface area contributed by atoms with Gasteiger partial charge < -0.3 is 5.32 Å². The SMILES string of the molecule is C=C(Nc1ccc(C(=O)CC)c(CC)c1)C(C)=N/C=C(\C)c1ccc(CC)c(F)c1F. The summed E-state index contributed by atoms with van der Waals surface area (Å²) in [4.78, 5) is 16.4. The van der Waals surface area contributed by atoms with E-state index in [4.69, 9.17) is 0 Å². The van der Waals surface area contributed by atoms with Crippen LogP contribution in [0, 0.1) is 11.6 Å². The topological polar surface area (TPSA) is 41.5 Å². The van der Waals surface area contributed by atoms with Gasteiger partial charge in [0.05, 0.1) is 11.4 Å². The van der Waals surface area contributed by atoms with E-state index in [2.05, 4.69) is 16.9 Å². The summed E-state index contributed by atoms with van der Waals surface area (Å²) in [6.45, 7) is 13.1. The van der Waals surface area contributed by atoms with Crippen LogP contribution in [0.4, 0.5) is 14.5 Å². The zero-order chi connectivity index (χ0) is 23.1. The zero-order valence-electron chi connectivity index (χ0n) is 18.9. The number of hydrogen-bond acceptors (Lipinski definition) is 3. The number of aliphatic imine (C=N–C) groups is 1. The molecule has 0 atom stereocenters. The predicted molar refractivity (Wildman–Crippen MR) is 126 cm³/mol. The quantitative estimate of drug-likeness (QED) is 0.344. The number of ketones is 1. The molecule has 0 bridgehead atoms. The van der Waals surface area contributed by atoms with E-state index in [-0.39, 0.29) is 11.3 Å². The van der Waals surface area contributed by atoms with Crippen molar-refractivity contribution in [2.45, 2.75) is 53.9 Å². The average Bonchev–Trinajstić information content (AvgIpc) is 2.78. The lowest BCUT2D eigenvalue weighted by molar-refractivity contribution is 0.0987. The lowest BCUT2D eigenvalue weighted by Gasteiger charge is -2.13. The van der Waals surface area contributed by atoms with Crippen LogP contribution in [0.25, 0.3) is 5.57 Å². The summed E-state index contributed by atoms with van der Waals surface area (Å²) >= 11 is 0. The molecular weight excluding hydrogens is 394 g/mol. The van der Waals surface area contributed by atoms with Gasteiger partial charge in [0.15, 0.2) is 17.4 Å². The molecule has 3 nitrogen and oxygen atoms in total. The van der Waals surface area contributed by atoms with Crippen molar-refractivity contribution in [1.29, 1.82) is 0 Å². The van der Waals surface area contributed by atoms with Crippen molar-refractivity contribution < 1.29 is 13.6 Å². The molecule has 1 N–H and O–H groups in total. The molecule has 31 heavy (non-hydrogen) atoms. The first kappa shape index (κ1) is 24.2. The smallest absolute Gasteiger partial charge is 0.166 e. The van der Waals surface area contributed by atoms with Crippen LogP contribution in [0.1, 0.15) is 68.1 Å². The molecule has 2 aromatic rings. The molecule has 0 aliphatic heterocycles. The lowest BCUT2D eigenvalue weighted by atomic mass is 9.99. The predicted octanol–water partition coefficient (Wildman–Crippen LogP) is 7.13. The Balaban J connectivity index is 2.20. The van der Waals surface area contributed by atoms with Crippen LogP contribution in [-0.4, -0.2) is 11.5 Å². The number of halogens is 2. The Morgan fingerprint density at radius 2 is 1.65 bits per heavy atom. The highest BCUT2D eigenvalue weighted by atomic mass is 19.2. The fourth-order valence-corrected chi connectivity index (χ4v) is 3.20. The Hall–Kier alpha value is -3.08. The maximum Gasteiger partial charge on any atom is 0.166 e. The van der Waals surface area contributed by atoms with Crippen molar-refractivity contribution in [2.75, 3.05) is 5.32 Å². The van der Waals surface area contributed by atoms with Gasteiger partial charge in [-0.2, -0.15) is 0 Å². The Bertz CT molecular complexity index is 1050. The van der Waals surface area contributed by atoms with Crippen LogP contribution in [0.15, 0.2) is 53.8 Å². The highest BCUT2D eigenvalue weighted by Gasteiger charge is 2.13. The van der Waals surface area contributed by atoms with Gasteiger partial charge >= 0.3 is 0 Å². The zero-order valence-corrected chi connectivity index (χ0v) is 18.9. The van der Waals surface area contributed by atoms with Crippen LogP contribution in [0.5, 0.6) is 0 Å². The molecule has 0 aromatic heterocycles. The van der Waals surface area contributed by atoms with Gasteiger partial charge in [0.1, 0.15) is 0 Å². The Kier molecular flexibility index (Phi) is 8.43. The molecule has 0 aliphatic rings. The van der Waals surface area contributed by atoms with E-state index in [9.17, 15) is 13.6 Å². The second kappa shape index (κ2) is 10.8. The standard InChI is InChI=1S/C26H30F2N2O/c1-7-19-10-12-22(26(28)25(19)27)16(4)15-29-17(5)18(6)30-21-11-13-23(24(31)9-3)20(8-2)14-21/h10-15,30H,6-9H2,1-5H3/b16-15+,29-17?. The normalized spacial score (nSPS) is 12.1. The molecular formula is C26H30F2N2O. The first-order valence-corrected chi connectivity index (χ1v) is 10.5. The lowest BCUT2D eigenvalue weighted by Crippen LogP contribution is -2.08. The number of allylic oxidation sites excluding steroid dienone is 2. The van der Waals surface area contributed by atoms with E-state index in [1.807, 2.05) is 32.0 Å². The van der Waals surface area contributed by atoms with E-state index in [1.54, 1.807) is 32.9 Å². The van der Waals surface area contributed by atoms with Crippen molar-refractivity contribution in [2.24, 2.45) is 4.99 Å². The van der Waals surface area contributed by atoms with Gasteiger partial charge in [0, 0.05) is 29.4 Å². The minimum Gasteiger partial charge on any atom is -0.355 e. The van der Waals surface area contributed by atoms with Crippen molar-refractivity contribution >= 4 is 22.8 Å². The molecule has 2 rings (SSSR count). The van der Waals surface area contributed by atoms with Crippen molar-refractivity contribution in [1.82, 2.24) is 0 Å². The van der Waals surface area contributed by atoms with Gasteiger partial charge in [0.2, 0.25) is 0 Å². The van der Waals surface area contributed by atoms with Crippen LogP contribution in [-0.2, 0) is 12.8 Å². The molecule has 0 saturated heterocycles. The summed E-state index contributed by atoms with van der Waals surface area (Å²) in [7, 11) is 0. The molecule has 0 amide bonds. The van der Waals surface area contributed by atoms with E-state index >= 15 is 0 Å². The summed E-state index contributed by atoms with van der Waals surface area (Å²) in [5.74, 6) is -1.54. The van der Waals surface area contributed by atoms with Gasteiger partial charge in [0.25, 0.3) is 0 Å². The number of rotatable bonds is 9. The molecule has 0 heterocycles. The third-order valence-corrected chi connectivity index (χ3v) is 5.26. The first-order chi connectivity index (χ1) is 14.7. The highest BCUT2D eigenvalue weighted by Crippen LogP contribution is 2.24. The van der Waals surface area contributed by atoms with Gasteiger partial charge in [-0.1, -0.05) is 39.5 Å². The number of carbonyl (C=O) groups excluding carboxylic acids is 1. The Morgan fingerprint density at radius 3 is 2.26 bits per heavy atom.